The lowest BCUT2D eigenvalue weighted by atomic mass is 9.86. The molecule has 0 aliphatic heterocycles. The van der Waals surface area contributed by atoms with Crippen LogP contribution in [0.3, 0.4) is 0 Å². The molecule has 4 nitrogen and oxygen atoms in total. The van der Waals surface area contributed by atoms with Crippen LogP contribution in [0.5, 0.6) is 0 Å². The van der Waals surface area contributed by atoms with Gasteiger partial charge in [-0.15, -0.1) is 0 Å². The van der Waals surface area contributed by atoms with Crippen LogP contribution in [0.25, 0.3) is 0 Å². The van der Waals surface area contributed by atoms with Crippen molar-refractivity contribution in [2.24, 2.45) is 17.8 Å². The third-order valence-corrected chi connectivity index (χ3v) is 5.35. The fraction of sp³-hybridized carbons (Fsp3) is 0.579. The van der Waals surface area contributed by atoms with Gasteiger partial charge in [-0.05, 0) is 55.1 Å². The quantitative estimate of drug-likeness (QED) is 0.817. The Bertz CT molecular complexity index is 584. The Morgan fingerprint density at radius 3 is 2.74 bits per heavy atom. The molecule has 1 aromatic carbocycles. The van der Waals surface area contributed by atoms with E-state index in [9.17, 15) is 9.59 Å². The van der Waals surface area contributed by atoms with Crippen LogP contribution < -0.4 is 5.32 Å². The second-order valence-electron chi connectivity index (χ2n) is 6.86. The number of aryl methyl sites for hydroxylation is 1. The third-order valence-electron chi connectivity index (χ3n) is 5.35. The molecule has 0 spiro atoms. The maximum Gasteiger partial charge on any atom is 0.306 e. The van der Waals surface area contributed by atoms with Crippen molar-refractivity contribution >= 4 is 17.6 Å². The predicted molar refractivity (Wildman–Crippen MR) is 89.0 cm³/mol. The largest absolute Gasteiger partial charge is 0.456 e. The molecule has 2 aliphatic rings. The van der Waals surface area contributed by atoms with Gasteiger partial charge in [0.05, 0.1) is 0 Å². The van der Waals surface area contributed by atoms with E-state index in [1.54, 1.807) is 0 Å². The first-order chi connectivity index (χ1) is 11.2. The Hall–Kier alpha value is -1.84. The molecule has 23 heavy (non-hydrogen) atoms. The van der Waals surface area contributed by atoms with Gasteiger partial charge in [0.25, 0.3) is 5.91 Å². The van der Waals surface area contributed by atoms with Crippen molar-refractivity contribution < 1.29 is 14.3 Å². The van der Waals surface area contributed by atoms with Gasteiger partial charge < -0.3 is 10.1 Å². The normalized spacial score (nSPS) is 25.3. The standard InChI is InChI=1S/C19H25NO3/c1-2-14-5-3-4-6-17(14)20-18(21)12-23-19(22)11-16-10-13-7-8-15(16)9-13/h3-6,13,15-16H,2,7-12H2,1H3,(H,20,21)/t13-,15+,16+/m0/s1. The summed E-state index contributed by atoms with van der Waals surface area (Å²) in [6.07, 6.45) is 6.36. The summed E-state index contributed by atoms with van der Waals surface area (Å²) in [7, 11) is 0. The van der Waals surface area contributed by atoms with Crippen LogP contribution in [0.1, 0.15) is 44.6 Å². The molecule has 2 bridgehead atoms. The van der Waals surface area contributed by atoms with Crippen LogP contribution in [0.2, 0.25) is 0 Å². The fourth-order valence-corrected chi connectivity index (χ4v) is 4.18. The molecule has 4 heteroatoms. The SMILES string of the molecule is CCc1ccccc1NC(=O)COC(=O)C[C@H]1C[C@H]2CC[C@@H]1C2. The summed E-state index contributed by atoms with van der Waals surface area (Å²) in [6, 6.07) is 7.68. The van der Waals surface area contributed by atoms with Crippen molar-refractivity contribution in [3.8, 4) is 0 Å². The molecule has 1 N–H and O–H groups in total. The van der Waals surface area contributed by atoms with Crippen molar-refractivity contribution in [3.63, 3.8) is 0 Å². The molecule has 0 saturated heterocycles. The zero-order chi connectivity index (χ0) is 16.2. The zero-order valence-corrected chi connectivity index (χ0v) is 13.7. The highest BCUT2D eigenvalue weighted by molar-refractivity contribution is 5.93. The summed E-state index contributed by atoms with van der Waals surface area (Å²) >= 11 is 0. The Labute approximate surface area is 137 Å². The minimum Gasteiger partial charge on any atom is -0.456 e. The zero-order valence-electron chi connectivity index (χ0n) is 13.7. The molecule has 124 valence electrons. The molecule has 1 amide bonds. The maximum atomic E-state index is 12.0. The lowest BCUT2D eigenvalue weighted by Crippen LogP contribution is -2.23. The van der Waals surface area contributed by atoms with Gasteiger partial charge >= 0.3 is 5.97 Å². The van der Waals surface area contributed by atoms with Gasteiger partial charge in [-0.25, -0.2) is 0 Å². The average molecular weight is 315 g/mol. The summed E-state index contributed by atoms with van der Waals surface area (Å²) in [5, 5.41) is 2.82. The number of ether oxygens (including phenoxy) is 1. The Kier molecular flexibility index (Phi) is 4.99. The number of benzene rings is 1. The van der Waals surface area contributed by atoms with Gasteiger partial charge in [0, 0.05) is 12.1 Å². The number of esters is 1. The highest BCUT2D eigenvalue weighted by Crippen LogP contribution is 2.49. The second kappa shape index (κ2) is 7.16. The smallest absolute Gasteiger partial charge is 0.306 e. The summed E-state index contributed by atoms with van der Waals surface area (Å²) < 4.78 is 5.17. The van der Waals surface area contributed by atoms with Crippen LogP contribution >= 0.6 is 0 Å². The molecule has 3 atom stereocenters. The van der Waals surface area contributed by atoms with E-state index in [2.05, 4.69) is 5.32 Å². The van der Waals surface area contributed by atoms with Gasteiger partial charge in [-0.3, -0.25) is 9.59 Å². The lowest BCUT2D eigenvalue weighted by Gasteiger charge is -2.20. The molecule has 3 rings (SSSR count). The van der Waals surface area contributed by atoms with Crippen LogP contribution in [0.4, 0.5) is 5.69 Å². The maximum absolute atomic E-state index is 12.0. The van der Waals surface area contributed by atoms with E-state index >= 15 is 0 Å². The second-order valence-corrected chi connectivity index (χ2v) is 6.86. The van der Waals surface area contributed by atoms with E-state index in [-0.39, 0.29) is 18.5 Å². The first-order valence-corrected chi connectivity index (χ1v) is 8.69. The highest BCUT2D eigenvalue weighted by atomic mass is 16.5. The van der Waals surface area contributed by atoms with E-state index in [0.29, 0.717) is 18.3 Å². The number of hydrogen-bond acceptors (Lipinski definition) is 3. The Morgan fingerprint density at radius 2 is 2.04 bits per heavy atom. The molecule has 1 aromatic rings. The summed E-state index contributed by atoms with van der Waals surface area (Å²) in [6.45, 7) is 1.85. The Morgan fingerprint density at radius 1 is 1.22 bits per heavy atom. The minimum absolute atomic E-state index is 0.197. The molecule has 0 radical (unpaired) electrons. The van der Waals surface area contributed by atoms with Crippen molar-refractivity contribution in [1.29, 1.82) is 0 Å². The topological polar surface area (TPSA) is 55.4 Å². The van der Waals surface area contributed by atoms with E-state index in [1.165, 1.54) is 19.3 Å². The lowest BCUT2D eigenvalue weighted by molar-refractivity contribution is -0.148. The summed E-state index contributed by atoms with van der Waals surface area (Å²) in [5.41, 5.74) is 1.87. The van der Waals surface area contributed by atoms with Gasteiger partial charge in [0.2, 0.25) is 0 Å². The molecule has 0 unspecified atom stereocenters. The number of fused-ring (bicyclic) bond motifs is 2. The molecule has 0 aromatic heterocycles. The van der Waals surface area contributed by atoms with Crippen molar-refractivity contribution in [2.75, 3.05) is 11.9 Å². The van der Waals surface area contributed by atoms with Gasteiger partial charge in [0.15, 0.2) is 6.61 Å². The first-order valence-electron chi connectivity index (χ1n) is 8.69. The van der Waals surface area contributed by atoms with Crippen LogP contribution in [-0.4, -0.2) is 18.5 Å². The van der Waals surface area contributed by atoms with Gasteiger partial charge in [0.1, 0.15) is 0 Å². The van der Waals surface area contributed by atoms with E-state index in [1.807, 2.05) is 31.2 Å². The molecule has 0 heterocycles. The molecule has 2 fully saturated rings. The van der Waals surface area contributed by atoms with Crippen molar-refractivity contribution in [3.05, 3.63) is 29.8 Å². The number of anilines is 1. The van der Waals surface area contributed by atoms with Gasteiger partial charge in [-0.2, -0.15) is 0 Å². The van der Waals surface area contributed by atoms with Crippen molar-refractivity contribution in [2.45, 2.75) is 45.4 Å². The predicted octanol–water partition coefficient (Wildman–Crippen LogP) is 3.56. The molecular weight excluding hydrogens is 290 g/mol. The number of nitrogens with one attached hydrogen (secondary N) is 1. The van der Waals surface area contributed by atoms with Crippen LogP contribution in [0, 0.1) is 17.8 Å². The monoisotopic (exact) mass is 315 g/mol. The van der Waals surface area contributed by atoms with E-state index in [4.69, 9.17) is 4.74 Å². The van der Waals surface area contributed by atoms with E-state index in [0.717, 1.165) is 30.0 Å². The van der Waals surface area contributed by atoms with Crippen molar-refractivity contribution in [1.82, 2.24) is 0 Å². The third kappa shape index (κ3) is 3.92. The van der Waals surface area contributed by atoms with Crippen LogP contribution in [-0.2, 0) is 20.7 Å². The Balaban J connectivity index is 1.42. The number of hydrogen-bond donors (Lipinski definition) is 1. The highest BCUT2D eigenvalue weighted by Gasteiger charge is 2.40. The minimum atomic E-state index is -0.271. The molecular formula is C19H25NO3. The number of para-hydroxylation sites is 1. The summed E-state index contributed by atoms with van der Waals surface area (Å²) in [4.78, 5) is 23.9. The van der Waals surface area contributed by atoms with E-state index < -0.39 is 0 Å². The summed E-state index contributed by atoms with van der Waals surface area (Å²) in [5.74, 6) is 1.50. The number of carbonyl (C=O) groups is 2. The molecule has 2 aliphatic carbocycles. The van der Waals surface area contributed by atoms with Gasteiger partial charge in [-0.1, -0.05) is 31.5 Å². The number of rotatable bonds is 6. The molecule has 2 saturated carbocycles. The van der Waals surface area contributed by atoms with Crippen LogP contribution in [0.15, 0.2) is 24.3 Å². The fourth-order valence-electron chi connectivity index (χ4n) is 4.18. The number of carbonyl (C=O) groups excluding carboxylic acids is 2. The number of amides is 1. The first kappa shape index (κ1) is 16.0. The average Bonchev–Trinajstić information content (AvgIpc) is 3.16.